The predicted octanol–water partition coefficient (Wildman–Crippen LogP) is 1.23. The highest BCUT2D eigenvalue weighted by Crippen LogP contribution is 2.10. The summed E-state index contributed by atoms with van der Waals surface area (Å²) in [4.78, 5) is 15.7. The fourth-order valence-corrected chi connectivity index (χ4v) is 2.37. The first-order chi connectivity index (χ1) is 9.19. The summed E-state index contributed by atoms with van der Waals surface area (Å²) in [5, 5.41) is 8.99. The SMILES string of the molecule is CN(CCN1CCCC1=O)Cc1ccc(CO)cc1. The lowest BCUT2D eigenvalue weighted by Crippen LogP contribution is -2.33. The van der Waals surface area contributed by atoms with Gasteiger partial charge in [0.05, 0.1) is 6.61 Å². The van der Waals surface area contributed by atoms with E-state index in [2.05, 4.69) is 11.9 Å². The Balaban J connectivity index is 1.76. The number of aliphatic hydroxyl groups excluding tert-OH is 1. The van der Waals surface area contributed by atoms with Crippen LogP contribution in [0, 0.1) is 0 Å². The van der Waals surface area contributed by atoms with Crippen LogP contribution in [0.3, 0.4) is 0 Å². The van der Waals surface area contributed by atoms with Gasteiger partial charge in [0.15, 0.2) is 0 Å². The number of rotatable bonds is 6. The van der Waals surface area contributed by atoms with E-state index < -0.39 is 0 Å². The number of aliphatic hydroxyl groups is 1. The van der Waals surface area contributed by atoms with Gasteiger partial charge in [-0.05, 0) is 24.6 Å². The fourth-order valence-electron chi connectivity index (χ4n) is 2.37. The van der Waals surface area contributed by atoms with Gasteiger partial charge in [0.25, 0.3) is 0 Å². The van der Waals surface area contributed by atoms with Gasteiger partial charge in [-0.3, -0.25) is 4.79 Å². The van der Waals surface area contributed by atoms with Crippen molar-refractivity contribution in [2.75, 3.05) is 26.7 Å². The summed E-state index contributed by atoms with van der Waals surface area (Å²) >= 11 is 0. The van der Waals surface area contributed by atoms with Gasteiger partial charge in [0.1, 0.15) is 0 Å². The number of amides is 1. The smallest absolute Gasteiger partial charge is 0.222 e. The van der Waals surface area contributed by atoms with E-state index in [1.165, 1.54) is 5.56 Å². The molecule has 1 amide bonds. The maximum absolute atomic E-state index is 11.5. The van der Waals surface area contributed by atoms with E-state index >= 15 is 0 Å². The molecule has 1 heterocycles. The zero-order valence-corrected chi connectivity index (χ0v) is 11.5. The molecule has 1 aliphatic heterocycles. The molecule has 4 nitrogen and oxygen atoms in total. The molecule has 0 aromatic heterocycles. The number of carbonyl (C=O) groups is 1. The molecular weight excluding hydrogens is 240 g/mol. The number of likely N-dealkylation sites (tertiary alicyclic amines) is 1. The largest absolute Gasteiger partial charge is 0.392 e. The molecule has 1 saturated heterocycles. The minimum absolute atomic E-state index is 0.0905. The molecular formula is C15H22N2O2. The van der Waals surface area contributed by atoms with Crippen LogP contribution >= 0.6 is 0 Å². The third-order valence-electron chi connectivity index (χ3n) is 3.58. The van der Waals surface area contributed by atoms with E-state index in [9.17, 15) is 4.79 Å². The Morgan fingerprint density at radius 3 is 2.53 bits per heavy atom. The van der Waals surface area contributed by atoms with Gasteiger partial charge in [0, 0.05) is 32.6 Å². The summed E-state index contributed by atoms with van der Waals surface area (Å²) in [5.41, 5.74) is 2.17. The lowest BCUT2D eigenvalue weighted by atomic mass is 10.1. The predicted molar refractivity (Wildman–Crippen MR) is 74.5 cm³/mol. The van der Waals surface area contributed by atoms with Crippen LogP contribution in [0.5, 0.6) is 0 Å². The second-order valence-electron chi connectivity index (χ2n) is 5.20. The topological polar surface area (TPSA) is 43.8 Å². The third kappa shape index (κ3) is 4.04. The number of nitrogens with zero attached hydrogens (tertiary/aromatic N) is 2. The molecule has 104 valence electrons. The van der Waals surface area contributed by atoms with Crippen LogP contribution in [-0.2, 0) is 17.9 Å². The number of benzene rings is 1. The normalized spacial score (nSPS) is 15.5. The van der Waals surface area contributed by atoms with Crippen molar-refractivity contribution >= 4 is 5.91 Å². The van der Waals surface area contributed by atoms with Crippen molar-refractivity contribution in [3.63, 3.8) is 0 Å². The zero-order chi connectivity index (χ0) is 13.7. The van der Waals surface area contributed by atoms with E-state index in [1.807, 2.05) is 29.2 Å². The summed E-state index contributed by atoms with van der Waals surface area (Å²) in [6, 6.07) is 7.99. The molecule has 0 aliphatic carbocycles. The molecule has 0 unspecified atom stereocenters. The van der Waals surface area contributed by atoms with Crippen LogP contribution in [0.1, 0.15) is 24.0 Å². The minimum atomic E-state index is 0.0905. The third-order valence-corrected chi connectivity index (χ3v) is 3.58. The fraction of sp³-hybridized carbons (Fsp3) is 0.533. The Kier molecular flexibility index (Phi) is 4.93. The highest BCUT2D eigenvalue weighted by Gasteiger charge is 2.19. The van der Waals surface area contributed by atoms with Gasteiger partial charge in [-0.1, -0.05) is 24.3 Å². The molecule has 0 saturated carbocycles. The van der Waals surface area contributed by atoms with Crippen molar-refractivity contribution in [2.24, 2.45) is 0 Å². The van der Waals surface area contributed by atoms with Gasteiger partial charge in [-0.25, -0.2) is 0 Å². The van der Waals surface area contributed by atoms with Gasteiger partial charge >= 0.3 is 0 Å². The Bertz CT molecular complexity index is 417. The van der Waals surface area contributed by atoms with E-state index in [0.29, 0.717) is 12.3 Å². The monoisotopic (exact) mass is 262 g/mol. The van der Waals surface area contributed by atoms with Crippen molar-refractivity contribution in [1.82, 2.24) is 9.80 Å². The Hall–Kier alpha value is -1.39. The number of hydrogen-bond donors (Lipinski definition) is 1. The quantitative estimate of drug-likeness (QED) is 0.838. The van der Waals surface area contributed by atoms with Crippen LogP contribution in [0.15, 0.2) is 24.3 Å². The molecule has 2 rings (SSSR count). The zero-order valence-electron chi connectivity index (χ0n) is 11.5. The summed E-state index contributed by atoms with van der Waals surface area (Å²) in [5.74, 6) is 0.292. The summed E-state index contributed by atoms with van der Waals surface area (Å²) < 4.78 is 0. The molecule has 4 heteroatoms. The second-order valence-corrected chi connectivity index (χ2v) is 5.20. The van der Waals surface area contributed by atoms with Crippen molar-refractivity contribution < 1.29 is 9.90 Å². The molecule has 0 spiro atoms. The van der Waals surface area contributed by atoms with Crippen molar-refractivity contribution in [3.05, 3.63) is 35.4 Å². The standard InChI is InChI=1S/C15H22N2O2/c1-16(9-10-17-8-2-3-15(17)19)11-13-4-6-14(12-18)7-5-13/h4-7,18H,2-3,8-12H2,1H3. The van der Waals surface area contributed by atoms with Crippen LogP contribution in [-0.4, -0.2) is 47.5 Å². The molecule has 1 aromatic rings. The number of carbonyl (C=O) groups excluding carboxylic acids is 1. The Labute approximate surface area is 114 Å². The minimum Gasteiger partial charge on any atom is -0.392 e. The highest BCUT2D eigenvalue weighted by molar-refractivity contribution is 5.78. The molecule has 0 radical (unpaired) electrons. The van der Waals surface area contributed by atoms with E-state index in [-0.39, 0.29) is 6.61 Å². The molecule has 0 atom stereocenters. The van der Waals surface area contributed by atoms with Crippen molar-refractivity contribution in [3.8, 4) is 0 Å². The van der Waals surface area contributed by atoms with Crippen LogP contribution < -0.4 is 0 Å². The molecule has 1 N–H and O–H groups in total. The molecule has 19 heavy (non-hydrogen) atoms. The average molecular weight is 262 g/mol. The van der Waals surface area contributed by atoms with Gasteiger partial charge in [-0.2, -0.15) is 0 Å². The second kappa shape index (κ2) is 6.68. The van der Waals surface area contributed by atoms with Crippen molar-refractivity contribution in [1.29, 1.82) is 0 Å². The molecule has 1 aromatic carbocycles. The lowest BCUT2D eigenvalue weighted by molar-refractivity contribution is -0.127. The summed E-state index contributed by atoms with van der Waals surface area (Å²) in [6.07, 6.45) is 1.72. The number of hydrogen-bond acceptors (Lipinski definition) is 3. The van der Waals surface area contributed by atoms with E-state index in [0.717, 1.165) is 38.2 Å². The van der Waals surface area contributed by atoms with Gasteiger partial charge in [-0.15, -0.1) is 0 Å². The maximum Gasteiger partial charge on any atom is 0.222 e. The summed E-state index contributed by atoms with van der Waals surface area (Å²) in [7, 11) is 2.07. The first-order valence-corrected chi connectivity index (χ1v) is 6.84. The Morgan fingerprint density at radius 1 is 1.26 bits per heavy atom. The molecule has 1 aliphatic rings. The average Bonchev–Trinajstić information content (AvgIpc) is 2.83. The van der Waals surface area contributed by atoms with E-state index in [4.69, 9.17) is 5.11 Å². The lowest BCUT2D eigenvalue weighted by Gasteiger charge is -2.21. The van der Waals surface area contributed by atoms with Crippen LogP contribution in [0.4, 0.5) is 0 Å². The van der Waals surface area contributed by atoms with Crippen LogP contribution in [0.2, 0.25) is 0 Å². The molecule has 0 bridgehead atoms. The van der Waals surface area contributed by atoms with Crippen LogP contribution in [0.25, 0.3) is 0 Å². The van der Waals surface area contributed by atoms with Gasteiger partial charge < -0.3 is 14.9 Å². The van der Waals surface area contributed by atoms with E-state index in [1.54, 1.807) is 0 Å². The molecule has 1 fully saturated rings. The maximum atomic E-state index is 11.5. The van der Waals surface area contributed by atoms with Gasteiger partial charge in [0.2, 0.25) is 5.91 Å². The van der Waals surface area contributed by atoms with Crippen molar-refractivity contribution in [2.45, 2.75) is 26.0 Å². The highest BCUT2D eigenvalue weighted by atomic mass is 16.3. The number of likely N-dealkylation sites (N-methyl/N-ethyl adjacent to an activating group) is 1. The Morgan fingerprint density at radius 2 is 1.95 bits per heavy atom. The first kappa shape index (κ1) is 14.0. The first-order valence-electron chi connectivity index (χ1n) is 6.84. The summed E-state index contributed by atoms with van der Waals surface area (Å²) in [6.45, 7) is 3.59.